The number of nitrogens with zero attached hydrogens (tertiary/aromatic N) is 4. The molecule has 1 amide bonds. The van der Waals surface area contributed by atoms with E-state index < -0.39 is 21.7 Å². The first kappa shape index (κ1) is 23.9. The summed E-state index contributed by atoms with van der Waals surface area (Å²) < 4.78 is 48.0. The normalized spacial score (nSPS) is 11.8. The number of nitrogens with one attached hydrogen (secondary N) is 1. The summed E-state index contributed by atoms with van der Waals surface area (Å²) in [6, 6.07) is 12.4. The molecule has 0 atom stereocenters. The summed E-state index contributed by atoms with van der Waals surface area (Å²) in [7, 11) is -0.705. The van der Waals surface area contributed by atoms with Gasteiger partial charge in [-0.2, -0.15) is 0 Å². The summed E-state index contributed by atoms with van der Waals surface area (Å²) in [6.45, 7) is 0. The summed E-state index contributed by atoms with van der Waals surface area (Å²) >= 11 is 3.36. The highest BCUT2D eigenvalue weighted by Crippen LogP contribution is 2.41. The highest BCUT2D eigenvalue weighted by Gasteiger charge is 2.26. The fourth-order valence-corrected chi connectivity index (χ4v) is 4.85. The molecule has 0 aliphatic rings. The molecule has 3 aromatic heterocycles. The molecule has 0 fully saturated rings. The fourth-order valence-electron chi connectivity index (χ4n) is 3.98. The van der Waals surface area contributed by atoms with Crippen LogP contribution < -0.4 is 9.62 Å². The van der Waals surface area contributed by atoms with Crippen LogP contribution in [-0.4, -0.2) is 49.3 Å². The number of anilines is 1. The van der Waals surface area contributed by atoms with Crippen LogP contribution in [-0.2, 0) is 10.0 Å². The SMILES string of the molecule is CNC(=O)c1c(-c2ccc(F)cc2)oc2cc(N(C)S(C)(=O)=O)c(-c3ccc4nnc(Br)n4c3)cc12. The number of aromatic nitrogens is 3. The minimum absolute atomic E-state index is 0.242. The predicted molar refractivity (Wildman–Crippen MR) is 138 cm³/mol. The van der Waals surface area contributed by atoms with Gasteiger partial charge in [0.05, 0.1) is 17.5 Å². The molecule has 36 heavy (non-hydrogen) atoms. The number of pyridine rings is 1. The third-order valence-electron chi connectivity index (χ3n) is 5.88. The number of fused-ring (bicyclic) bond motifs is 2. The average Bonchev–Trinajstić information content (AvgIpc) is 3.42. The number of hydrogen-bond donors (Lipinski definition) is 1. The van der Waals surface area contributed by atoms with Crippen LogP contribution in [0.5, 0.6) is 0 Å². The maximum atomic E-state index is 13.6. The summed E-state index contributed by atoms with van der Waals surface area (Å²) in [6.07, 6.45) is 2.86. The number of furan rings is 1. The fraction of sp³-hybridized carbons (Fsp3) is 0.125. The standard InChI is InChI=1S/C24H19BrFN5O4S/c1-27-23(32)21-17-10-16(14-6-9-20-28-29-24(25)31(20)12-14)18(30(2)36(3,33)34)11-19(17)35-22(21)13-4-7-15(26)8-5-13/h4-12H,1-3H3,(H,27,32). The quantitative estimate of drug-likeness (QED) is 0.333. The van der Waals surface area contributed by atoms with Crippen LogP contribution in [0.3, 0.4) is 0 Å². The minimum Gasteiger partial charge on any atom is -0.455 e. The van der Waals surface area contributed by atoms with Crippen LogP contribution in [0.1, 0.15) is 10.4 Å². The lowest BCUT2D eigenvalue weighted by Crippen LogP contribution is -2.25. The molecule has 0 aliphatic carbocycles. The maximum Gasteiger partial charge on any atom is 0.255 e. The van der Waals surface area contributed by atoms with E-state index in [0.717, 1.165) is 10.6 Å². The van der Waals surface area contributed by atoms with E-state index in [2.05, 4.69) is 31.4 Å². The Bertz CT molecular complexity index is 1760. The second-order valence-corrected chi connectivity index (χ2v) is 10.8. The molecule has 3 heterocycles. The van der Waals surface area contributed by atoms with Gasteiger partial charge >= 0.3 is 0 Å². The first-order valence-electron chi connectivity index (χ1n) is 10.6. The van der Waals surface area contributed by atoms with E-state index in [1.807, 2.05) is 0 Å². The van der Waals surface area contributed by atoms with E-state index in [1.165, 1.54) is 38.4 Å². The first-order valence-corrected chi connectivity index (χ1v) is 13.3. The van der Waals surface area contributed by atoms with Gasteiger partial charge in [-0.1, -0.05) is 0 Å². The summed E-state index contributed by atoms with van der Waals surface area (Å²) in [4.78, 5) is 13.0. The molecule has 0 radical (unpaired) electrons. The number of carbonyl (C=O) groups is 1. The van der Waals surface area contributed by atoms with Crippen LogP contribution in [0.4, 0.5) is 10.1 Å². The third-order valence-corrected chi connectivity index (χ3v) is 7.61. The topological polar surface area (TPSA) is 110 Å². The molecule has 0 saturated heterocycles. The number of amides is 1. The molecule has 0 aliphatic heterocycles. The smallest absolute Gasteiger partial charge is 0.255 e. The lowest BCUT2D eigenvalue weighted by atomic mass is 9.99. The van der Waals surface area contributed by atoms with Gasteiger partial charge in [0.25, 0.3) is 5.91 Å². The number of hydrogen-bond acceptors (Lipinski definition) is 6. The van der Waals surface area contributed by atoms with Crippen molar-refractivity contribution in [3.63, 3.8) is 0 Å². The molecule has 1 N–H and O–H groups in total. The Morgan fingerprint density at radius 2 is 1.81 bits per heavy atom. The Kier molecular flexibility index (Phi) is 5.80. The number of benzene rings is 2. The molecule has 5 aromatic rings. The van der Waals surface area contributed by atoms with Gasteiger partial charge in [-0.05, 0) is 58.4 Å². The van der Waals surface area contributed by atoms with E-state index >= 15 is 0 Å². The Hall–Kier alpha value is -3.77. The van der Waals surface area contributed by atoms with Crippen molar-refractivity contribution in [2.75, 3.05) is 24.7 Å². The lowest BCUT2D eigenvalue weighted by molar-refractivity contribution is 0.0964. The Labute approximate surface area is 213 Å². The minimum atomic E-state index is -3.65. The van der Waals surface area contributed by atoms with Gasteiger partial charge in [-0.25, -0.2) is 12.8 Å². The van der Waals surface area contributed by atoms with E-state index in [1.54, 1.807) is 34.9 Å². The Balaban J connectivity index is 1.85. The molecule has 184 valence electrons. The van der Waals surface area contributed by atoms with Crippen LogP contribution in [0.15, 0.2) is 63.9 Å². The van der Waals surface area contributed by atoms with Gasteiger partial charge in [0, 0.05) is 48.4 Å². The van der Waals surface area contributed by atoms with Crippen molar-refractivity contribution < 1.29 is 22.0 Å². The van der Waals surface area contributed by atoms with Crippen LogP contribution in [0.25, 0.3) is 39.1 Å². The molecule has 9 nitrogen and oxygen atoms in total. The van der Waals surface area contributed by atoms with Gasteiger partial charge in [0.2, 0.25) is 14.8 Å². The molecular formula is C24H19BrFN5O4S. The van der Waals surface area contributed by atoms with Gasteiger partial charge in [0.15, 0.2) is 5.65 Å². The predicted octanol–water partition coefficient (Wildman–Crippen LogP) is 4.47. The van der Waals surface area contributed by atoms with E-state index in [4.69, 9.17) is 4.42 Å². The molecule has 0 saturated carbocycles. The van der Waals surface area contributed by atoms with Crippen LogP contribution in [0, 0.1) is 5.82 Å². The van der Waals surface area contributed by atoms with Gasteiger partial charge in [-0.3, -0.25) is 13.5 Å². The van der Waals surface area contributed by atoms with Crippen molar-refractivity contribution in [3.05, 3.63) is 70.8 Å². The Morgan fingerprint density at radius 1 is 1.11 bits per heavy atom. The van der Waals surface area contributed by atoms with Crippen LogP contribution >= 0.6 is 15.9 Å². The highest BCUT2D eigenvalue weighted by molar-refractivity contribution is 9.10. The second-order valence-electron chi connectivity index (χ2n) is 8.10. The number of halogens is 2. The van der Waals surface area contributed by atoms with Crippen molar-refractivity contribution in [3.8, 4) is 22.5 Å². The van der Waals surface area contributed by atoms with Gasteiger partial charge in [-0.15, -0.1) is 10.2 Å². The zero-order valence-electron chi connectivity index (χ0n) is 19.3. The lowest BCUT2D eigenvalue weighted by Gasteiger charge is -2.20. The van der Waals surface area contributed by atoms with E-state index in [-0.39, 0.29) is 11.3 Å². The molecule has 0 unspecified atom stereocenters. The second kappa shape index (κ2) is 8.71. The van der Waals surface area contributed by atoms with E-state index in [9.17, 15) is 17.6 Å². The number of rotatable bonds is 5. The zero-order valence-corrected chi connectivity index (χ0v) is 21.7. The highest BCUT2D eigenvalue weighted by atomic mass is 79.9. The summed E-state index contributed by atoms with van der Waals surface area (Å²) in [5.74, 6) is -0.585. The summed E-state index contributed by atoms with van der Waals surface area (Å²) in [5, 5.41) is 11.1. The van der Waals surface area contributed by atoms with Crippen molar-refractivity contribution in [1.29, 1.82) is 0 Å². The number of sulfonamides is 1. The molecule has 0 bridgehead atoms. The van der Waals surface area contributed by atoms with Gasteiger partial charge < -0.3 is 9.73 Å². The first-order chi connectivity index (χ1) is 17.1. The number of carbonyl (C=O) groups excluding carboxylic acids is 1. The van der Waals surface area contributed by atoms with Crippen molar-refractivity contribution in [2.24, 2.45) is 0 Å². The molecular weight excluding hydrogens is 553 g/mol. The monoisotopic (exact) mass is 571 g/mol. The molecule has 12 heteroatoms. The van der Waals surface area contributed by atoms with Gasteiger partial charge in [0.1, 0.15) is 17.2 Å². The molecule has 2 aromatic carbocycles. The Morgan fingerprint density at radius 3 is 2.47 bits per heavy atom. The molecule has 5 rings (SSSR count). The third kappa shape index (κ3) is 4.01. The zero-order chi connectivity index (χ0) is 25.8. The van der Waals surface area contributed by atoms with Crippen molar-refractivity contribution in [2.45, 2.75) is 0 Å². The average molecular weight is 572 g/mol. The van der Waals surface area contributed by atoms with Crippen molar-refractivity contribution >= 4 is 54.2 Å². The maximum absolute atomic E-state index is 13.6. The van der Waals surface area contributed by atoms with E-state index in [0.29, 0.717) is 43.7 Å². The summed E-state index contributed by atoms with van der Waals surface area (Å²) in [5.41, 5.74) is 3.18. The van der Waals surface area contributed by atoms with Crippen LogP contribution in [0.2, 0.25) is 0 Å². The molecule has 0 spiro atoms. The largest absolute Gasteiger partial charge is 0.455 e. The van der Waals surface area contributed by atoms with Crippen molar-refractivity contribution in [1.82, 2.24) is 19.9 Å².